The molecule has 0 bridgehead atoms. The van der Waals surface area contributed by atoms with Gasteiger partial charge in [0.25, 0.3) is 0 Å². The molecule has 1 aliphatic heterocycles. The molecule has 0 unspecified atom stereocenters. The largest absolute Gasteiger partial charge is 0.469 e. The summed E-state index contributed by atoms with van der Waals surface area (Å²) < 4.78 is 10.7. The molecule has 1 amide bonds. The summed E-state index contributed by atoms with van der Waals surface area (Å²) in [6.07, 6.45) is 4.55. The number of hydrogen-bond donors (Lipinski definition) is 2. The van der Waals surface area contributed by atoms with Crippen LogP contribution in [0.15, 0.2) is 22.8 Å². The van der Waals surface area contributed by atoms with Crippen LogP contribution in [-0.4, -0.2) is 38.3 Å². The molecular weight excluding hydrogens is 232 g/mol. The number of piperidine rings is 1. The summed E-state index contributed by atoms with van der Waals surface area (Å²) >= 11 is 0. The van der Waals surface area contributed by atoms with Crippen molar-refractivity contribution in [3.05, 3.63) is 24.2 Å². The Labute approximate surface area is 107 Å². The van der Waals surface area contributed by atoms with Crippen molar-refractivity contribution in [1.82, 2.24) is 10.6 Å². The van der Waals surface area contributed by atoms with Crippen LogP contribution in [0.1, 0.15) is 18.6 Å². The van der Waals surface area contributed by atoms with Crippen LogP contribution in [-0.2, 0) is 16.0 Å². The summed E-state index contributed by atoms with van der Waals surface area (Å²) in [6, 6.07) is 3.75. The van der Waals surface area contributed by atoms with Gasteiger partial charge in [0.2, 0.25) is 5.91 Å². The molecule has 1 saturated heterocycles. The van der Waals surface area contributed by atoms with Gasteiger partial charge in [-0.15, -0.1) is 0 Å². The molecule has 5 heteroatoms. The van der Waals surface area contributed by atoms with Crippen molar-refractivity contribution < 1.29 is 13.9 Å². The van der Waals surface area contributed by atoms with Crippen molar-refractivity contribution in [1.29, 1.82) is 0 Å². The van der Waals surface area contributed by atoms with Gasteiger partial charge < -0.3 is 19.8 Å². The summed E-state index contributed by atoms with van der Waals surface area (Å²) in [5.41, 5.74) is 0. The van der Waals surface area contributed by atoms with Gasteiger partial charge >= 0.3 is 0 Å². The lowest BCUT2D eigenvalue weighted by atomic mass is 10.1. The van der Waals surface area contributed by atoms with Crippen molar-refractivity contribution in [2.24, 2.45) is 0 Å². The first-order chi connectivity index (χ1) is 8.84. The lowest BCUT2D eigenvalue weighted by molar-refractivity contribution is -0.128. The highest BCUT2D eigenvalue weighted by molar-refractivity contribution is 5.77. The first-order valence-electron chi connectivity index (χ1n) is 6.46. The quantitative estimate of drug-likeness (QED) is 0.782. The molecule has 0 aliphatic carbocycles. The molecule has 1 fully saturated rings. The minimum atomic E-state index is -0.0555. The van der Waals surface area contributed by atoms with Crippen molar-refractivity contribution in [3.63, 3.8) is 0 Å². The molecule has 2 rings (SSSR count). The minimum Gasteiger partial charge on any atom is -0.469 e. The zero-order valence-electron chi connectivity index (χ0n) is 10.5. The second kappa shape index (κ2) is 7.18. The third-order valence-electron chi connectivity index (χ3n) is 3.01. The normalized spacial score (nSPS) is 16.7. The lowest BCUT2D eigenvalue weighted by Crippen LogP contribution is -2.36. The maximum Gasteiger partial charge on any atom is 0.246 e. The van der Waals surface area contributed by atoms with E-state index in [1.807, 2.05) is 12.1 Å². The highest BCUT2D eigenvalue weighted by Crippen LogP contribution is 2.06. The Morgan fingerprint density at radius 1 is 1.50 bits per heavy atom. The van der Waals surface area contributed by atoms with Gasteiger partial charge in [0, 0.05) is 13.0 Å². The zero-order chi connectivity index (χ0) is 12.6. The molecule has 0 aromatic carbocycles. The van der Waals surface area contributed by atoms with E-state index in [-0.39, 0.29) is 18.6 Å². The van der Waals surface area contributed by atoms with Crippen molar-refractivity contribution in [2.45, 2.75) is 25.4 Å². The van der Waals surface area contributed by atoms with Crippen molar-refractivity contribution in [2.75, 3.05) is 26.2 Å². The molecule has 0 atom stereocenters. The lowest BCUT2D eigenvalue weighted by Gasteiger charge is -2.22. The van der Waals surface area contributed by atoms with E-state index in [1.54, 1.807) is 6.26 Å². The van der Waals surface area contributed by atoms with E-state index in [1.165, 1.54) is 0 Å². The van der Waals surface area contributed by atoms with Crippen LogP contribution in [0.4, 0.5) is 0 Å². The molecule has 2 N–H and O–H groups in total. The van der Waals surface area contributed by atoms with E-state index in [2.05, 4.69) is 10.6 Å². The number of furan rings is 1. The number of ether oxygens (including phenoxy) is 1. The number of carbonyl (C=O) groups excluding carboxylic acids is 1. The number of rotatable bonds is 6. The maximum absolute atomic E-state index is 11.5. The summed E-state index contributed by atoms with van der Waals surface area (Å²) in [5, 5.41) is 6.08. The molecule has 100 valence electrons. The average molecular weight is 252 g/mol. The topological polar surface area (TPSA) is 63.5 Å². The van der Waals surface area contributed by atoms with E-state index in [0.717, 1.165) is 31.7 Å². The first kappa shape index (κ1) is 13.1. The Morgan fingerprint density at radius 3 is 3.06 bits per heavy atom. The average Bonchev–Trinajstić information content (AvgIpc) is 2.91. The van der Waals surface area contributed by atoms with Crippen molar-refractivity contribution >= 4 is 5.91 Å². The first-order valence-corrected chi connectivity index (χ1v) is 6.46. The molecular formula is C13H20N2O3. The van der Waals surface area contributed by atoms with Crippen LogP contribution in [0.25, 0.3) is 0 Å². The van der Waals surface area contributed by atoms with Crippen molar-refractivity contribution in [3.8, 4) is 0 Å². The third kappa shape index (κ3) is 4.50. The summed E-state index contributed by atoms with van der Waals surface area (Å²) in [5.74, 6) is 0.828. The second-order valence-electron chi connectivity index (χ2n) is 4.44. The maximum atomic E-state index is 11.5. The molecule has 1 aliphatic rings. The van der Waals surface area contributed by atoms with E-state index >= 15 is 0 Å². The van der Waals surface area contributed by atoms with Gasteiger partial charge in [-0.25, -0.2) is 0 Å². The van der Waals surface area contributed by atoms with Crippen LogP contribution < -0.4 is 10.6 Å². The molecule has 2 heterocycles. The minimum absolute atomic E-state index is 0.0555. The van der Waals surface area contributed by atoms with Gasteiger partial charge in [0.05, 0.1) is 12.4 Å². The molecule has 18 heavy (non-hydrogen) atoms. The highest BCUT2D eigenvalue weighted by Gasteiger charge is 2.14. The second-order valence-corrected chi connectivity index (χ2v) is 4.44. The fourth-order valence-electron chi connectivity index (χ4n) is 1.99. The number of carbonyl (C=O) groups is 1. The monoisotopic (exact) mass is 252 g/mol. The molecule has 0 saturated carbocycles. The summed E-state index contributed by atoms with van der Waals surface area (Å²) in [6.45, 7) is 2.69. The Morgan fingerprint density at radius 2 is 2.33 bits per heavy atom. The Hall–Kier alpha value is -1.33. The van der Waals surface area contributed by atoms with E-state index in [4.69, 9.17) is 9.15 Å². The number of nitrogens with one attached hydrogen (secondary N) is 2. The smallest absolute Gasteiger partial charge is 0.246 e. The fraction of sp³-hybridized carbons (Fsp3) is 0.615. The van der Waals surface area contributed by atoms with Gasteiger partial charge in [0.1, 0.15) is 12.4 Å². The van der Waals surface area contributed by atoms with Crippen LogP contribution in [0.3, 0.4) is 0 Å². The standard InChI is InChI=1S/C13H20N2O3/c16-13(10-18-12-3-6-14-7-4-12)15-8-5-11-2-1-9-17-11/h1-2,9,12,14H,3-8,10H2,(H,15,16). The van der Waals surface area contributed by atoms with E-state index in [0.29, 0.717) is 13.0 Å². The molecule has 5 nitrogen and oxygen atoms in total. The molecule has 0 spiro atoms. The summed E-state index contributed by atoms with van der Waals surface area (Å²) in [4.78, 5) is 11.5. The van der Waals surface area contributed by atoms with Gasteiger partial charge in [-0.05, 0) is 38.1 Å². The SMILES string of the molecule is O=C(COC1CCNCC1)NCCc1ccco1. The van der Waals surface area contributed by atoms with E-state index < -0.39 is 0 Å². The Bertz CT molecular complexity index is 345. The number of amides is 1. The van der Waals surface area contributed by atoms with Crippen LogP contribution >= 0.6 is 0 Å². The Balaban J connectivity index is 1.54. The number of hydrogen-bond acceptors (Lipinski definition) is 4. The highest BCUT2D eigenvalue weighted by atomic mass is 16.5. The zero-order valence-corrected chi connectivity index (χ0v) is 10.5. The fourth-order valence-corrected chi connectivity index (χ4v) is 1.99. The Kier molecular flexibility index (Phi) is 5.23. The molecule has 1 aromatic heterocycles. The van der Waals surface area contributed by atoms with Crippen LogP contribution in [0, 0.1) is 0 Å². The van der Waals surface area contributed by atoms with Crippen LogP contribution in [0.5, 0.6) is 0 Å². The van der Waals surface area contributed by atoms with Gasteiger partial charge in [-0.3, -0.25) is 4.79 Å². The predicted molar refractivity (Wildman–Crippen MR) is 67.3 cm³/mol. The van der Waals surface area contributed by atoms with Gasteiger partial charge in [-0.1, -0.05) is 0 Å². The molecule has 0 radical (unpaired) electrons. The van der Waals surface area contributed by atoms with Crippen LogP contribution in [0.2, 0.25) is 0 Å². The van der Waals surface area contributed by atoms with Gasteiger partial charge in [-0.2, -0.15) is 0 Å². The predicted octanol–water partition coefficient (Wildman–Crippen LogP) is 0.707. The summed E-state index contributed by atoms with van der Waals surface area (Å²) in [7, 11) is 0. The molecule has 1 aromatic rings. The third-order valence-corrected chi connectivity index (χ3v) is 3.01. The van der Waals surface area contributed by atoms with E-state index in [9.17, 15) is 4.79 Å². The van der Waals surface area contributed by atoms with Gasteiger partial charge in [0.15, 0.2) is 0 Å².